The molecule has 9 heteroatoms. The molecule has 0 aliphatic heterocycles. The Labute approximate surface area is 151 Å². The van der Waals surface area contributed by atoms with Crippen molar-refractivity contribution < 1.29 is 19.7 Å². The zero-order valence-electron chi connectivity index (χ0n) is 15.4. The molecule has 0 atom stereocenters. The van der Waals surface area contributed by atoms with Crippen LogP contribution in [0.3, 0.4) is 0 Å². The molecular weight excluding hydrogens is 338 g/mol. The van der Waals surface area contributed by atoms with Gasteiger partial charge in [-0.3, -0.25) is 0 Å². The smallest absolute Gasteiger partial charge is 0.345 e. The number of hydrogen-bond acceptors (Lipinski definition) is 7. The first-order chi connectivity index (χ1) is 12.2. The molecule has 0 spiro atoms. The summed E-state index contributed by atoms with van der Waals surface area (Å²) < 4.78 is 4.88. The minimum atomic E-state index is -0.508. The summed E-state index contributed by atoms with van der Waals surface area (Å²) in [5, 5.41) is 8.90. The van der Waals surface area contributed by atoms with E-state index in [-0.39, 0.29) is 10.6 Å². The monoisotopic (exact) mass is 360 g/mol. The third-order valence-corrected chi connectivity index (χ3v) is 3.67. The van der Waals surface area contributed by atoms with Gasteiger partial charge in [-0.05, 0) is 5.56 Å². The molecule has 1 aromatic carbocycles. The van der Waals surface area contributed by atoms with Gasteiger partial charge in [-0.2, -0.15) is 0 Å². The SMILES string of the molecule is COC(=O)c1c(N(C)C)nc(Cc2ccc([N+](=O)O)cc2)nc1N(C)C. The maximum atomic E-state index is 12.2. The average molecular weight is 360 g/mol. The fraction of sp³-hybridized carbons (Fsp3) is 0.353. The Hall–Kier alpha value is -3.23. The lowest BCUT2D eigenvalue weighted by atomic mass is 10.1. The molecule has 0 bridgehead atoms. The molecule has 9 nitrogen and oxygen atoms in total. The molecule has 1 N–H and O–H groups in total. The lowest BCUT2D eigenvalue weighted by Crippen LogP contribution is -2.24. The van der Waals surface area contributed by atoms with Crippen LogP contribution in [-0.2, 0) is 11.2 Å². The van der Waals surface area contributed by atoms with Crippen molar-refractivity contribution in [3.05, 3.63) is 46.1 Å². The maximum Gasteiger partial charge on any atom is 0.345 e. The van der Waals surface area contributed by atoms with Crippen molar-refractivity contribution in [2.24, 2.45) is 0 Å². The summed E-state index contributed by atoms with van der Waals surface area (Å²) in [6, 6.07) is 6.42. The number of methoxy groups -OCH3 is 1. The molecule has 26 heavy (non-hydrogen) atoms. The van der Waals surface area contributed by atoms with Crippen LogP contribution >= 0.6 is 0 Å². The zero-order valence-corrected chi connectivity index (χ0v) is 15.4. The van der Waals surface area contributed by atoms with Crippen LogP contribution in [0.15, 0.2) is 24.3 Å². The van der Waals surface area contributed by atoms with Gasteiger partial charge in [-0.1, -0.05) is 12.1 Å². The Morgan fingerprint density at radius 3 is 1.96 bits per heavy atom. The number of aromatic nitrogens is 2. The van der Waals surface area contributed by atoms with E-state index in [4.69, 9.17) is 9.94 Å². The number of hydrogen-bond donors (Lipinski definition) is 1. The summed E-state index contributed by atoms with van der Waals surface area (Å²) in [6.45, 7) is 0. The van der Waals surface area contributed by atoms with E-state index in [2.05, 4.69) is 9.97 Å². The number of ether oxygens (including phenoxy) is 1. The second kappa shape index (κ2) is 7.77. The Balaban J connectivity index is 2.49. The van der Waals surface area contributed by atoms with E-state index in [9.17, 15) is 9.70 Å². The molecule has 0 saturated carbocycles. The molecule has 2 aromatic rings. The highest BCUT2D eigenvalue weighted by molar-refractivity contribution is 6.00. The fourth-order valence-electron chi connectivity index (χ4n) is 2.42. The molecule has 0 aliphatic carbocycles. The van der Waals surface area contributed by atoms with Gasteiger partial charge in [0, 0.05) is 46.7 Å². The van der Waals surface area contributed by atoms with Gasteiger partial charge in [-0.25, -0.2) is 20.0 Å². The van der Waals surface area contributed by atoms with Crippen LogP contribution in [0, 0.1) is 4.91 Å². The molecule has 0 fully saturated rings. The summed E-state index contributed by atoms with van der Waals surface area (Å²) in [5.74, 6) is 0.930. The van der Waals surface area contributed by atoms with E-state index < -0.39 is 5.97 Å². The minimum absolute atomic E-state index is 0.138. The summed E-state index contributed by atoms with van der Waals surface area (Å²) in [7, 11) is 8.47. The van der Waals surface area contributed by atoms with E-state index in [0.717, 1.165) is 5.56 Å². The molecule has 0 amide bonds. The molecule has 138 valence electrons. The predicted molar refractivity (Wildman–Crippen MR) is 96.3 cm³/mol. The molecule has 0 saturated heterocycles. The van der Waals surface area contributed by atoms with Crippen LogP contribution in [0.2, 0.25) is 0 Å². The van der Waals surface area contributed by atoms with Gasteiger partial charge in [-0.15, -0.1) is 0 Å². The number of carbonyl (C=O) groups is 1. The molecule has 2 rings (SSSR count). The summed E-state index contributed by atoms with van der Waals surface area (Å²) in [5.41, 5.74) is 1.29. The Morgan fingerprint density at radius 1 is 1.08 bits per heavy atom. The van der Waals surface area contributed by atoms with Crippen LogP contribution in [0.25, 0.3) is 0 Å². The van der Waals surface area contributed by atoms with Crippen molar-refractivity contribution in [1.82, 2.24) is 9.97 Å². The molecule has 1 aromatic heterocycles. The van der Waals surface area contributed by atoms with Crippen molar-refractivity contribution >= 4 is 23.3 Å². The Morgan fingerprint density at radius 2 is 1.58 bits per heavy atom. The van der Waals surface area contributed by atoms with Crippen molar-refractivity contribution in [1.29, 1.82) is 0 Å². The normalized spacial score (nSPS) is 10.3. The van der Waals surface area contributed by atoms with E-state index in [0.29, 0.717) is 29.4 Å². The lowest BCUT2D eigenvalue weighted by Gasteiger charge is -2.22. The number of carbonyl (C=O) groups excluding carboxylic acids is 1. The number of nitrogens with zero attached hydrogens (tertiary/aromatic N) is 5. The average Bonchev–Trinajstić information content (AvgIpc) is 2.60. The van der Waals surface area contributed by atoms with E-state index in [1.807, 2.05) is 0 Å². The van der Waals surface area contributed by atoms with Gasteiger partial charge in [0.05, 0.1) is 12.0 Å². The van der Waals surface area contributed by atoms with Crippen LogP contribution < -0.4 is 9.80 Å². The number of benzene rings is 1. The van der Waals surface area contributed by atoms with Crippen LogP contribution in [0.1, 0.15) is 21.7 Å². The molecule has 0 aliphatic rings. The highest BCUT2D eigenvalue weighted by Crippen LogP contribution is 2.27. The van der Waals surface area contributed by atoms with Gasteiger partial charge in [0.2, 0.25) is 0 Å². The number of anilines is 2. The van der Waals surface area contributed by atoms with Gasteiger partial charge in [0.1, 0.15) is 23.0 Å². The number of esters is 1. The van der Waals surface area contributed by atoms with E-state index >= 15 is 0 Å². The topological polar surface area (TPSA) is 98.9 Å². The Kier molecular flexibility index (Phi) is 5.71. The van der Waals surface area contributed by atoms with E-state index in [1.165, 1.54) is 19.2 Å². The summed E-state index contributed by atoms with van der Waals surface area (Å²) >= 11 is 0. The predicted octanol–water partition coefficient (Wildman–Crippen LogP) is 1.79. The largest absolute Gasteiger partial charge is 0.465 e. The van der Waals surface area contributed by atoms with Crippen molar-refractivity contribution in [3.63, 3.8) is 0 Å². The summed E-state index contributed by atoms with van der Waals surface area (Å²) in [4.78, 5) is 35.4. The highest BCUT2D eigenvalue weighted by Gasteiger charge is 2.24. The van der Waals surface area contributed by atoms with Crippen LogP contribution in [0.5, 0.6) is 0 Å². The lowest BCUT2D eigenvalue weighted by molar-refractivity contribution is -0.729. The van der Waals surface area contributed by atoms with Crippen LogP contribution in [0.4, 0.5) is 17.3 Å². The fourth-order valence-corrected chi connectivity index (χ4v) is 2.42. The highest BCUT2D eigenvalue weighted by atomic mass is 16.6. The van der Waals surface area contributed by atoms with Gasteiger partial charge >= 0.3 is 11.7 Å². The second-order valence-corrected chi connectivity index (χ2v) is 6.06. The molecule has 0 radical (unpaired) electrons. The quantitative estimate of drug-likeness (QED) is 0.615. The molecule has 1 heterocycles. The maximum absolute atomic E-state index is 12.2. The standard InChI is InChI=1S/C17H22N5O4/c1-20(2)15-14(17(23)26-5)16(21(3)4)19-13(18-15)10-11-6-8-12(9-7-11)22(24)25/h6-9H,10H2,1-5H3,(H,24,25)/q+1. The van der Waals surface area contributed by atoms with Gasteiger partial charge in [0.15, 0.2) is 0 Å². The third-order valence-electron chi connectivity index (χ3n) is 3.67. The summed E-state index contributed by atoms with van der Waals surface area (Å²) in [6.07, 6.45) is 0.397. The first kappa shape index (κ1) is 19.1. The van der Waals surface area contributed by atoms with Crippen molar-refractivity contribution in [3.8, 4) is 0 Å². The van der Waals surface area contributed by atoms with Crippen LogP contribution in [-0.4, -0.2) is 61.4 Å². The van der Waals surface area contributed by atoms with Crippen molar-refractivity contribution in [2.75, 3.05) is 45.1 Å². The van der Waals surface area contributed by atoms with Gasteiger partial charge < -0.3 is 14.5 Å². The van der Waals surface area contributed by atoms with E-state index in [1.54, 1.807) is 50.1 Å². The zero-order chi connectivity index (χ0) is 19.4. The minimum Gasteiger partial charge on any atom is -0.465 e. The molecule has 0 unspecified atom stereocenters. The van der Waals surface area contributed by atoms with Gasteiger partial charge in [0.25, 0.3) is 4.92 Å². The first-order valence-corrected chi connectivity index (χ1v) is 7.83. The number of rotatable bonds is 6. The second-order valence-electron chi connectivity index (χ2n) is 6.06. The van der Waals surface area contributed by atoms with Crippen molar-refractivity contribution in [2.45, 2.75) is 6.42 Å². The Bertz CT molecular complexity index is 789. The molecular formula is C17H22N5O4+. The first-order valence-electron chi connectivity index (χ1n) is 7.83. The third kappa shape index (κ3) is 4.05.